The molecule has 1 saturated heterocycles. The largest absolute Gasteiger partial charge is 0.353 e. The molecule has 0 spiro atoms. The van der Waals surface area contributed by atoms with Crippen molar-refractivity contribution in [1.29, 1.82) is 0 Å². The predicted octanol–water partition coefficient (Wildman–Crippen LogP) is 0.459. The number of H-pyrrole nitrogens is 1. The van der Waals surface area contributed by atoms with Crippen molar-refractivity contribution in [3.8, 4) is 0 Å². The summed E-state index contributed by atoms with van der Waals surface area (Å²) in [5.41, 5.74) is 1.43. The second-order valence-corrected chi connectivity index (χ2v) is 4.68. The molecule has 98 valence electrons. The van der Waals surface area contributed by atoms with E-state index < -0.39 is 0 Å². The van der Waals surface area contributed by atoms with Crippen LogP contribution >= 0.6 is 0 Å². The smallest absolute Gasteiger partial charge is 0.257 e. The molecular formula is C12H18N4O2. The van der Waals surface area contributed by atoms with Gasteiger partial charge in [-0.3, -0.25) is 14.7 Å². The van der Waals surface area contributed by atoms with Crippen LogP contribution < -0.4 is 5.32 Å². The quantitative estimate of drug-likeness (QED) is 0.800. The van der Waals surface area contributed by atoms with Gasteiger partial charge in [0.05, 0.1) is 11.8 Å². The van der Waals surface area contributed by atoms with E-state index in [1.54, 1.807) is 6.20 Å². The number of rotatable bonds is 2. The van der Waals surface area contributed by atoms with Gasteiger partial charge in [0, 0.05) is 31.7 Å². The first-order valence-electron chi connectivity index (χ1n) is 6.14. The normalized spacial score (nSPS) is 16.7. The molecule has 0 atom stereocenters. The minimum absolute atomic E-state index is 0.00884. The van der Waals surface area contributed by atoms with Crippen LogP contribution in [-0.2, 0) is 4.79 Å². The Morgan fingerprint density at radius 1 is 1.44 bits per heavy atom. The molecule has 2 rings (SSSR count). The monoisotopic (exact) mass is 250 g/mol. The van der Waals surface area contributed by atoms with E-state index in [1.807, 2.05) is 11.8 Å². The van der Waals surface area contributed by atoms with E-state index in [0.29, 0.717) is 18.7 Å². The number of aromatic amines is 1. The summed E-state index contributed by atoms with van der Waals surface area (Å²) in [7, 11) is 0. The van der Waals surface area contributed by atoms with Crippen LogP contribution in [0.5, 0.6) is 0 Å². The Balaban J connectivity index is 1.92. The second kappa shape index (κ2) is 5.20. The van der Waals surface area contributed by atoms with Gasteiger partial charge in [-0.15, -0.1) is 0 Å². The van der Waals surface area contributed by atoms with Crippen molar-refractivity contribution in [2.24, 2.45) is 0 Å². The molecule has 1 aliphatic rings. The Morgan fingerprint density at radius 2 is 2.11 bits per heavy atom. The molecule has 2 N–H and O–H groups in total. The number of nitrogens with one attached hydrogen (secondary N) is 2. The zero-order valence-corrected chi connectivity index (χ0v) is 10.7. The van der Waals surface area contributed by atoms with Crippen LogP contribution in [0.2, 0.25) is 0 Å². The van der Waals surface area contributed by atoms with Crippen molar-refractivity contribution in [2.75, 3.05) is 13.1 Å². The van der Waals surface area contributed by atoms with Gasteiger partial charge in [-0.1, -0.05) is 0 Å². The Labute approximate surface area is 106 Å². The van der Waals surface area contributed by atoms with Crippen LogP contribution in [0.1, 0.15) is 35.8 Å². The summed E-state index contributed by atoms with van der Waals surface area (Å²) in [4.78, 5) is 25.0. The maximum Gasteiger partial charge on any atom is 0.257 e. The summed E-state index contributed by atoms with van der Waals surface area (Å²) in [5, 5.41) is 9.52. The van der Waals surface area contributed by atoms with Crippen molar-refractivity contribution < 1.29 is 9.59 Å². The summed E-state index contributed by atoms with van der Waals surface area (Å²) in [6, 6.07) is 0.192. The van der Waals surface area contributed by atoms with Crippen LogP contribution in [0.15, 0.2) is 6.20 Å². The molecule has 1 aromatic heterocycles. The molecule has 0 radical (unpaired) electrons. The summed E-state index contributed by atoms with van der Waals surface area (Å²) in [5.74, 6) is 0.00739. The summed E-state index contributed by atoms with van der Waals surface area (Å²) >= 11 is 0. The fourth-order valence-corrected chi connectivity index (χ4v) is 2.25. The zero-order chi connectivity index (χ0) is 13.1. The first-order chi connectivity index (χ1) is 8.58. The molecule has 0 unspecified atom stereocenters. The lowest BCUT2D eigenvalue weighted by Crippen LogP contribution is -2.46. The Morgan fingerprint density at radius 3 is 2.61 bits per heavy atom. The summed E-state index contributed by atoms with van der Waals surface area (Å²) in [6.45, 7) is 4.71. The number of nitrogens with zero attached hydrogens (tertiary/aromatic N) is 2. The highest BCUT2D eigenvalue weighted by molar-refractivity contribution is 5.95. The topological polar surface area (TPSA) is 78.1 Å². The second-order valence-electron chi connectivity index (χ2n) is 4.68. The van der Waals surface area contributed by atoms with E-state index in [9.17, 15) is 9.59 Å². The van der Waals surface area contributed by atoms with Crippen molar-refractivity contribution in [3.05, 3.63) is 17.5 Å². The zero-order valence-electron chi connectivity index (χ0n) is 10.7. The third kappa shape index (κ3) is 2.69. The van der Waals surface area contributed by atoms with Gasteiger partial charge >= 0.3 is 0 Å². The molecule has 0 bridgehead atoms. The van der Waals surface area contributed by atoms with E-state index in [-0.39, 0.29) is 17.9 Å². The molecule has 2 heterocycles. The Kier molecular flexibility index (Phi) is 3.64. The van der Waals surface area contributed by atoms with Crippen molar-refractivity contribution in [2.45, 2.75) is 32.7 Å². The van der Waals surface area contributed by atoms with Gasteiger partial charge in [-0.2, -0.15) is 5.10 Å². The molecule has 0 aromatic carbocycles. The molecule has 18 heavy (non-hydrogen) atoms. The van der Waals surface area contributed by atoms with Crippen molar-refractivity contribution >= 4 is 11.8 Å². The number of piperidine rings is 1. The van der Waals surface area contributed by atoms with Gasteiger partial charge in [-0.05, 0) is 19.8 Å². The van der Waals surface area contributed by atoms with Crippen LogP contribution in [0, 0.1) is 6.92 Å². The third-order valence-corrected chi connectivity index (χ3v) is 3.25. The van der Waals surface area contributed by atoms with Crippen molar-refractivity contribution in [3.63, 3.8) is 0 Å². The summed E-state index contributed by atoms with van der Waals surface area (Å²) < 4.78 is 0. The lowest BCUT2D eigenvalue weighted by molar-refractivity contribution is -0.119. The van der Waals surface area contributed by atoms with E-state index in [2.05, 4.69) is 15.5 Å². The molecule has 0 saturated carbocycles. The molecule has 2 amide bonds. The van der Waals surface area contributed by atoms with Gasteiger partial charge in [0.2, 0.25) is 5.91 Å². The minimum atomic E-state index is -0.00884. The lowest BCUT2D eigenvalue weighted by Gasteiger charge is -2.32. The highest BCUT2D eigenvalue weighted by Gasteiger charge is 2.25. The number of aromatic nitrogens is 2. The van der Waals surface area contributed by atoms with Gasteiger partial charge in [-0.25, -0.2) is 0 Å². The molecule has 6 nitrogen and oxygen atoms in total. The molecule has 6 heteroatoms. The van der Waals surface area contributed by atoms with Crippen LogP contribution in [-0.4, -0.2) is 46.0 Å². The molecule has 1 fully saturated rings. The lowest BCUT2D eigenvalue weighted by atomic mass is 10.0. The number of carbonyl (C=O) groups is 2. The maximum atomic E-state index is 12.2. The van der Waals surface area contributed by atoms with E-state index in [4.69, 9.17) is 0 Å². The fraction of sp³-hybridized carbons (Fsp3) is 0.583. The number of carbonyl (C=O) groups excluding carboxylic acids is 2. The number of amides is 2. The molecular weight excluding hydrogens is 232 g/mol. The van der Waals surface area contributed by atoms with E-state index in [1.165, 1.54) is 6.92 Å². The average molecular weight is 250 g/mol. The third-order valence-electron chi connectivity index (χ3n) is 3.25. The maximum absolute atomic E-state index is 12.2. The standard InChI is InChI=1S/C12H18N4O2/c1-8-11(7-13-15-8)12(18)16-5-3-10(4-6-16)14-9(2)17/h7,10H,3-6H2,1-2H3,(H,13,15)(H,14,17). The predicted molar refractivity (Wildman–Crippen MR) is 66.1 cm³/mol. The number of hydrogen-bond acceptors (Lipinski definition) is 3. The van der Waals surface area contributed by atoms with Gasteiger partial charge < -0.3 is 10.2 Å². The van der Waals surface area contributed by atoms with E-state index in [0.717, 1.165) is 18.5 Å². The summed E-state index contributed by atoms with van der Waals surface area (Å²) in [6.07, 6.45) is 3.18. The van der Waals surface area contributed by atoms with Gasteiger partial charge in [0.25, 0.3) is 5.91 Å². The SMILES string of the molecule is CC(=O)NC1CCN(C(=O)c2cn[nH]c2C)CC1. The minimum Gasteiger partial charge on any atom is -0.353 e. The number of aryl methyl sites for hydroxylation is 1. The average Bonchev–Trinajstić information content (AvgIpc) is 2.75. The Hall–Kier alpha value is -1.85. The van der Waals surface area contributed by atoms with Gasteiger partial charge in [0.1, 0.15) is 0 Å². The van der Waals surface area contributed by atoms with Crippen LogP contribution in [0.25, 0.3) is 0 Å². The molecule has 0 aliphatic carbocycles. The van der Waals surface area contributed by atoms with Crippen molar-refractivity contribution in [1.82, 2.24) is 20.4 Å². The molecule has 1 aromatic rings. The van der Waals surface area contributed by atoms with E-state index >= 15 is 0 Å². The Bertz CT molecular complexity index is 447. The van der Waals surface area contributed by atoms with Crippen LogP contribution in [0.4, 0.5) is 0 Å². The fourth-order valence-electron chi connectivity index (χ4n) is 2.25. The molecule has 1 aliphatic heterocycles. The number of hydrogen-bond donors (Lipinski definition) is 2. The number of likely N-dealkylation sites (tertiary alicyclic amines) is 1. The first kappa shape index (κ1) is 12.6. The highest BCUT2D eigenvalue weighted by Crippen LogP contribution is 2.15. The van der Waals surface area contributed by atoms with Crippen LogP contribution in [0.3, 0.4) is 0 Å². The first-order valence-corrected chi connectivity index (χ1v) is 6.14. The van der Waals surface area contributed by atoms with Gasteiger partial charge in [0.15, 0.2) is 0 Å². The highest BCUT2D eigenvalue weighted by atomic mass is 16.2.